The molecule has 1 aliphatic rings. The van der Waals surface area contributed by atoms with E-state index in [1.54, 1.807) is 0 Å². The lowest BCUT2D eigenvalue weighted by Crippen LogP contribution is -2.36. The first-order valence-corrected chi connectivity index (χ1v) is 9.34. The number of alkyl halides is 7. The van der Waals surface area contributed by atoms with Crippen molar-refractivity contribution in [3.63, 3.8) is 0 Å². The van der Waals surface area contributed by atoms with Crippen LogP contribution in [0.4, 0.5) is 30.7 Å². The largest absolute Gasteiger partial charge is 0.459 e. The molecule has 0 saturated carbocycles. The molecule has 3 rings (SSSR count). The van der Waals surface area contributed by atoms with Crippen molar-refractivity contribution in [3.8, 4) is 0 Å². The smallest absolute Gasteiger partial charge is 0.416 e. The van der Waals surface area contributed by atoms with Crippen LogP contribution in [0.1, 0.15) is 31.8 Å². The van der Waals surface area contributed by atoms with Crippen LogP contribution < -0.4 is 0 Å². The van der Waals surface area contributed by atoms with E-state index in [2.05, 4.69) is 0 Å². The third-order valence-corrected chi connectivity index (χ3v) is 4.71. The molecule has 12 heteroatoms. The SMILES string of the molecule is O=C(OC[C@H]1OC[C@@H](F)[C@@H]1OC(=O)c1ccc(C(F)(F)F)cc1)c1ccc(C(F)(F)F)cc1. The quantitative estimate of drug-likeness (QED) is 0.453. The highest BCUT2D eigenvalue weighted by atomic mass is 19.4. The highest BCUT2D eigenvalue weighted by Crippen LogP contribution is 2.30. The van der Waals surface area contributed by atoms with Crippen LogP contribution in [0.2, 0.25) is 0 Å². The molecule has 0 aliphatic carbocycles. The lowest BCUT2D eigenvalue weighted by Gasteiger charge is -2.20. The molecule has 0 amide bonds. The Bertz CT molecular complexity index is 984. The van der Waals surface area contributed by atoms with Gasteiger partial charge in [-0.05, 0) is 48.5 Å². The molecule has 178 valence electrons. The van der Waals surface area contributed by atoms with E-state index in [-0.39, 0.29) is 11.1 Å². The molecule has 2 aromatic rings. The van der Waals surface area contributed by atoms with Gasteiger partial charge in [-0.3, -0.25) is 0 Å². The minimum absolute atomic E-state index is 0.198. The van der Waals surface area contributed by atoms with E-state index < -0.39 is 67.0 Å². The monoisotopic (exact) mass is 480 g/mol. The zero-order valence-corrected chi connectivity index (χ0v) is 16.5. The van der Waals surface area contributed by atoms with Gasteiger partial charge < -0.3 is 14.2 Å². The van der Waals surface area contributed by atoms with E-state index in [1.165, 1.54) is 0 Å². The molecule has 0 unspecified atom stereocenters. The van der Waals surface area contributed by atoms with E-state index >= 15 is 0 Å². The van der Waals surface area contributed by atoms with Gasteiger partial charge in [-0.1, -0.05) is 0 Å². The van der Waals surface area contributed by atoms with Crippen LogP contribution in [0.5, 0.6) is 0 Å². The van der Waals surface area contributed by atoms with Crippen molar-refractivity contribution in [3.05, 3.63) is 70.8 Å². The van der Waals surface area contributed by atoms with Gasteiger partial charge >= 0.3 is 24.3 Å². The van der Waals surface area contributed by atoms with E-state index in [9.17, 15) is 40.3 Å². The van der Waals surface area contributed by atoms with Gasteiger partial charge in [0, 0.05) is 0 Å². The van der Waals surface area contributed by atoms with Gasteiger partial charge in [0.25, 0.3) is 0 Å². The van der Waals surface area contributed by atoms with Crippen molar-refractivity contribution in [2.75, 3.05) is 13.2 Å². The molecule has 2 aromatic carbocycles. The number of hydrogen-bond acceptors (Lipinski definition) is 5. The predicted octanol–water partition coefficient (Wildman–Crippen LogP) is 4.84. The summed E-state index contributed by atoms with van der Waals surface area (Å²) in [6.45, 7) is -1.07. The van der Waals surface area contributed by atoms with Gasteiger partial charge in [-0.2, -0.15) is 26.3 Å². The van der Waals surface area contributed by atoms with Crippen molar-refractivity contribution < 1.29 is 54.5 Å². The Kier molecular flexibility index (Phi) is 6.96. The molecule has 0 spiro atoms. The van der Waals surface area contributed by atoms with E-state index in [0.29, 0.717) is 24.3 Å². The number of halogens is 7. The van der Waals surface area contributed by atoms with E-state index in [1.807, 2.05) is 0 Å². The molecule has 1 heterocycles. The molecule has 1 aliphatic heterocycles. The lowest BCUT2D eigenvalue weighted by atomic mass is 10.1. The number of ether oxygens (including phenoxy) is 3. The first-order chi connectivity index (χ1) is 15.4. The molecule has 1 saturated heterocycles. The highest BCUT2D eigenvalue weighted by molar-refractivity contribution is 5.90. The maximum absolute atomic E-state index is 14.1. The van der Waals surface area contributed by atoms with Crippen molar-refractivity contribution in [1.82, 2.24) is 0 Å². The minimum atomic E-state index is -4.60. The number of carbonyl (C=O) groups is 2. The molecular formula is C21H15F7O5. The third-order valence-electron chi connectivity index (χ3n) is 4.71. The average Bonchev–Trinajstić information content (AvgIpc) is 3.10. The molecular weight excluding hydrogens is 465 g/mol. The van der Waals surface area contributed by atoms with Crippen LogP contribution in [0.3, 0.4) is 0 Å². The fraction of sp³-hybridized carbons (Fsp3) is 0.333. The van der Waals surface area contributed by atoms with Crippen LogP contribution in [0.25, 0.3) is 0 Å². The lowest BCUT2D eigenvalue weighted by molar-refractivity contribution is -0.138. The standard InChI is InChI=1S/C21H15F7O5/c22-15-9-31-16(10-32-18(29)11-1-5-13(6-2-11)20(23,24)25)17(15)33-19(30)12-3-7-14(8-4-12)21(26,27)28/h1-8,15-17H,9-10H2/t15-,16-,17+/m1/s1. The zero-order chi connectivity index (χ0) is 24.4. The van der Waals surface area contributed by atoms with E-state index in [0.717, 1.165) is 24.3 Å². The van der Waals surface area contributed by atoms with Crippen molar-refractivity contribution in [2.45, 2.75) is 30.7 Å². The Balaban J connectivity index is 1.59. The van der Waals surface area contributed by atoms with Crippen molar-refractivity contribution in [1.29, 1.82) is 0 Å². The van der Waals surface area contributed by atoms with Crippen LogP contribution in [0.15, 0.2) is 48.5 Å². The molecule has 0 aromatic heterocycles. The number of rotatable bonds is 5. The van der Waals surface area contributed by atoms with Crippen molar-refractivity contribution in [2.24, 2.45) is 0 Å². The summed E-state index contributed by atoms with van der Waals surface area (Å²) < 4.78 is 105. The zero-order valence-electron chi connectivity index (χ0n) is 16.5. The van der Waals surface area contributed by atoms with Crippen LogP contribution >= 0.6 is 0 Å². The van der Waals surface area contributed by atoms with Gasteiger partial charge in [0.05, 0.1) is 28.9 Å². The Morgan fingerprint density at radius 3 is 1.73 bits per heavy atom. The molecule has 3 atom stereocenters. The predicted molar refractivity (Wildman–Crippen MR) is 97.0 cm³/mol. The van der Waals surface area contributed by atoms with Crippen molar-refractivity contribution >= 4 is 11.9 Å². The van der Waals surface area contributed by atoms with Gasteiger partial charge in [0.2, 0.25) is 0 Å². The van der Waals surface area contributed by atoms with Crippen LogP contribution in [-0.4, -0.2) is 43.5 Å². The fourth-order valence-electron chi connectivity index (χ4n) is 2.95. The number of benzene rings is 2. The number of esters is 2. The summed E-state index contributed by atoms with van der Waals surface area (Å²) in [6.07, 6.45) is -13.7. The van der Waals surface area contributed by atoms with E-state index in [4.69, 9.17) is 14.2 Å². The first-order valence-electron chi connectivity index (χ1n) is 9.34. The summed E-state index contributed by atoms with van der Waals surface area (Å²) in [4.78, 5) is 24.3. The topological polar surface area (TPSA) is 61.8 Å². The Hall–Kier alpha value is -3.15. The molecule has 0 bridgehead atoms. The first kappa shape index (κ1) is 24.5. The van der Waals surface area contributed by atoms with Gasteiger partial charge in [0.1, 0.15) is 12.7 Å². The second-order valence-corrected chi connectivity index (χ2v) is 7.01. The number of hydrogen-bond donors (Lipinski definition) is 0. The molecule has 1 fully saturated rings. The summed E-state index contributed by atoms with van der Waals surface area (Å²) in [7, 11) is 0. The van der Waals surface area contributed by atoms with Crippen LogP contribution in [-0.2, 0) is 26.6 Å². The Labute approximate surface area is 182 Å². The maximum atomic E-state index is 14.1. The summed E-state index contributed by atoms with van der Waals surface area (Å²) in [6, 6.07) is 6.25. The number of carbonyl (C=O) groups excluding carboxylic acids is 2. The summed E-state index contributed by atoms with van der Waals surface area (Å²) in [5.74, 6) is -2.12. The van der Waals surface area contributed by atoms with Crippen LogP contribution in [0, 0.1) is 0 Å². The molecule has 0 N–H and O–H groups in total. The Morgan fingerprint density at radius 1 is 0.818 bits per heavy atom. The summed E-state index contributed by atoms with van der Waals surface area (Å²) in [5, 5.41) is 0. The summed E-state index contributed by atoms with van der Waals surface area (Å²) >= 11 is 0. The van der Waals surface area contributed by atoms with Gasteiger partial charge in [0.15, 0.2) is 12.3 Å². The second kappa shape index (κ2) is 9.38. The molecule has 5 nitrogen and oxygen atoms in total. The third kappa shape index (κ3) is 6.01. The van der Waals surface area contributed by atoms with Gasteiger partial charge in [-0.25, -0.2) is 14.0 Å². The molecule has 0 radical (unpaired) electrons. The average molecular weight is 480 g/mol. The summed E-state index contributed by atoms with van der Waals surface area (Å²) in [5.41, 5.74) is -2.41. The molecule has 33 heavy (non-hydrogen) atoms. The highest BCUT2D eigenvalue weighted by Gasteiger charge is 2.42. The second-order valence-electron chi connectivity index (χ2n) is 7.01. The normalized spacial score (nSPS) is 21.0. The van der Waals surface area contributed by atoms with Gasteiger partial charge in [-0.15, -0.1) is 0 Å². The maximum Gasteiger partial charge on any atom is 0.416 e. The minimum Gasteiger partial charge on any atom is -0.459 e. The Morgan fingerprint density at radius 2 is 1.27 bits per heavy atom. The fourth-order valence-corrected chi connectivity index (χ4v) is 2.95.